The average molecular weight is 180 g/mol. The molecular formula is C9H12N2O2. The number of carbonyl (C=O) groups is 1. The van der Waals surface area contributed by atoms with Crippen molar-refractivity contribution in [3.63, 3.8) is 0 Å². The molecule has 1 atom stereocenters. The van der Waals surface area contributed by atoms with Crippen molar-refractivity contribution < 1.29 is 9.21 Å². The van der Waals surface area contributed by atoms with E-state index in [2.05, 4.69) is 10.6 Å². The third-order valence-corrected chi connectivity index (χ3v) is 2.18. The molecule has 13 heavy (non-hydrogen) atoms. The average Bonchev–Trinajstić information content (AvgIpc) is 2.74. The lowest BCUT2D eigenvalue weighted by Gasteiger charge is -2.09. The predicted octanol–water partition coefficient (Wildman–Crippen LogP) is 0.371. The van der Waals surface area contributed by atoms with Gasteiger partial charge in [0.2, 0.25) is 0 Å². The maximum absolute atomic E-state index is 11.5. The molecular weight excluding hydrogens is 168 g/mol. The van der Waals surface area contributed by atoms with Gasteiger partial charge in [-0.25, -0.2) is 0 Å². The van der Waals surface area contributed by atoms with Crippen LogP contribution in [0.4, 0.5) is 0 Å². The first-order chi connectivity index (χ1) is 6.36. The number of hydrogen-bond acceptors (Lipinski definition) is 3. The molecule has 2 rings (SSSR count). The highest BCUT2D eigenvalue weighted by atomic mass is 16.3. The van der Waals surface area contributed by atoms with Gasteiger partial charge >= 0.3 is 0 Å². The van der Waals surface area contributed by atoms with E-state index in [1.165, 1.54) is 12.5 Å². The van der Waals surface area contributed by atoms with Gasteiger partial charge in [0.15, 0.2) is 0 Å². The minimum atomic E-state index is -0.0533. The Morgan fingerprint density at radius 2 is 2.62 bits per heavy atom. The molecule has 0 aromatic carbocycles. The number of rotatable bonds is 2. The first-order valence-electron chi connectivity index (χ1n) is 4.40. The monoisotopic (exact) mass is 180 g/mol. The molecule has 1 fully saturated rings. The largest absolute Gasteiger partial charge is 0.472 e. The van der Waals surface area contributed by atoms with Crippen LogP contribution in [-0.4, -0.2) is 25.0 Å². The number of nitrogens with one attached hydrogen (secondary N) is 2. The summed E-state index contributed by atoms with van der Waals surface area (Å²) in [5.41, 5.74) is 0.590. The molecule has 0 saturated carbocycles. The molecule has 0 radical (unpaired) electrons. The predicted molar refractivity (Wildman–Crippen MR) is 47.4 cm³/mol. The van der Waals surface area contributed by atoms with Crippen molar-refractivity contribution in [3.05, 3.63) is 24.2 Å². The van der Waals surface area contributed by atoms with E-state index in [1.54, 1.807) is 6.07 Å². The lowest BCUT2D eigenvalue weighted by molar-refractivity contribution is 0.0939. The molecule has 1 aromatic rings. The van der Waals surface area contributed by atoms with Crippen LogP contribution in [0.5, 0.6) is 0 Å². The normalized spacial score (nSPS) is 21.7. The lowest BCUT2D eigenvalue weighted by atomic mass is 10.2. The zero-order chi connectivity index (χ0) is 9.10. The van der Waals surface area contributed by atoms with E-state index in [1.807, 2.05) is 0 Å². The minimum Gasteiger partial charge on any atom is -0.472 e. The summed E-state index contributed by atoms with van der Waals surface area (Å²) < 4.78 is 4.82. The molecule has 2 heterocycles. The standard InChI is InChI=1S/C9H12N2O2/c12-9(7-2-4-13-6-7)11-8-1-3-10-5-8/h2,4,6,8,10H,1,3,5H2,(H,11,12)/t8-/m0/s1. The third kappa shape index (κ3) is 1.89. The maximum Gasteiger partial charge on any atom is 0.254 e. The summed E-state index contributed by atoms with van der Waals surface area (Å²) in [6, 6.07) is 1.93. The highest BCUT2D eigenvalue weighted by molar-refractivity contribution is 5.93. The van der Waals surface area contributed by atoms with Crippen LogP contribution < -0.4 is 10.6 Å². The Labute approximate surface area is 76.3 Å². The Bertz CT molecular complexity index is 276. The Kier molecular flexibility index (Phi) is 2.31. The van der Waals surface area contributed by atoms with E-state index >= 15 is 0 Å². The molecule has 4 heteroatoms. The zero-order valence-corrected chi connectivity index (χ0v) is 7.25. The van der Waals surface area contributed by atoms with Gasteiger partial charge < -0.3 is 15.1 Å². The summed E-state index contributed by atoms with van der Waals surface area (Å²) in [5.74, 6) is -0.0533. The second-order valence-corrected chi connectivity index (χ2v) is 3.18. The molecule has 0 aliphatic carbocycles. The second-order valence-electron chi connectivity index (χ2n) is 3.18. The van der Waals surface area contributed by atoms with E-state index in [4.69, 9.17) is 4.42 Å². The van der Waals surface area contributed by atoms with Crippen LogP contribution in [0.2, 0.25) is 0 Å². The first-order valence-corrected chi connectivity index (χ1v) is 4.40. The molecule has 1 aliphatic rings. The Morgan fingerprint density at radius 1 is 1.69 bits per heavy atom. The summed E-state index contributed by atoms with van der Waals surface area (Å²) in [6.45, 7) is 1.85. The van der Waals surface area contributed by atoms with E-state index in [0.717, 1.165) is 19.5 Å². The highest BCUT2D eigenvalue weighted by Gasteiger charge is 2.17. The fraction of sp³-hybridized carbons (Fsp3) is 0.444. The van der Waals surface area contributed by atoms with Gasteiger partial charge in [-0.2, -0.15) is 0 Å². The fourth-order valence-electron chi connectivity index (χ4n) is 1.44. The van der Waals surface area contributed by atoms with Gasteiger partial charge in [0.25, 0.3) is 5.91 Å². The van der Waals surface area contributed by atoms with Crippen molar-refractivity contribution >= 4 is 5.91 Å². The molecule has 70 valence electrons. The van der Waals surface area contributed by atoms with Gasteiger partial charge in [-0.3, -0.25) is 4.79 Å². The SMILES string of the molecule is O=C(N[C@H]1CCNC1)c1ccoc1. The van der Waals surface area contributed by atoms with Crippen LogP contribution in [-0.2, 0) is 0 Å². The van der Waals surface area contributed by atoms with Gasteiger partial charge in [-0.1, -0.05) is 0 Å². The minimum absolute atomic E-state index is 0.0533. The summed E-state index contributed by atoms with van der Waals surface area (Å²) in [4.78, 5) is 11.5. The summed E-state index contributed by atoms with van der Waals surface area (Å²) in [6.07, 6.45) is 3.96. The lowest BCUT2D eigenvalue weighted by Crippen LogP contribution is -2.35. The molecule has 0 unspecified atom stereocenters. The molecule has 2 N–H and O–H groups in total. The molecule has 4 nitrogen and oxygen atoms in total. The van der Waals surface area contributed by atoms with Crippen molar-refractivity contribution in [2.24, 2.45) is 0 Å². The number of furan rings is 1. The van der Waals surface area contributed by atoms with Crippen LogP contribution in [0.1, 0.15) is 16.8 Å². The molecule has 0 bridgehead atoms. The molecule has 1 amide bonds. The van der Waals surface area contributed by atoms with Gasteiger partial charge in [0.05, 0.1) is 11.8 Å². The van der Waals surface area contributed by atoms with Gasteiger partial charge in [-0.15, -0.1) is 0 Å². The van der Waals surface area contributed by atoms with Gasteiger partial charge in [0.1, 0.15) is 6.26 Å². The second kappa shape index (κ2) is 3.62. The fourth-order valence-corrected chi connectivity index (χ4v) is 1.44. The zero-order valence-electron chi connectivity index (χ0n) is 7.25. The Morgan fingerprint density at radius 3 is 3.23 bits per heavy atom. The molecule has 1 aliphatic heterocycles. The van der Waals surface area contributed by atoms with Crippen LogP contribution in [0.25, 0.3) is 0 Å². The van der Waals surface area contributed by atoms with Crippen LogP contribution in [0.15, 0.2) is 23.0 Å². The Hall–Kier alpha value is -1.29. The van der Waals surface area contributed by atoms with E-state index in [-0.39, 0.29) is 11.9 Å². The van der Waals surface area contributed by atoms with Crippen molar-refractivity contribution in [1.29, 1.82) is 0 Å². The van der Waals surface area contributed by atoms with Crippen molar-refractivity contribution in [3.8, 4) is 0 Å². The van der Waals surface area contributed by atoms with Crippen molar-refractivity contribution in [1.82, 2.24) is 10.6 Å². The van der Waals surface area contributed by atoms with Gasteiger partial charge in [0, 0.05) is 12.6 Å². The summed E-state index contributed by atoms with van der Waals surface area (Å²) >= 11 is 0. The van der Waals surface area contributed by atoms with Crippen molar-refractivity contribution in [2.45, 2.75) is 12.5 Å². The number of hydrogen-bond donors (Lipinski definition) is 2. The van der Waals surface area contributed by atoms with Crippen LogP contribution in [0.3, 0.4) is 0 Å². The van der Waals surface area contributed by atoms with E-state index in [9.17, 15) is 4.79 Å². The number of carbonyl (C=O) groups excluding carboxylic acids is 1. The topological polar surface area (TPSA) is 54.3 Å². The summed E-state index contributed by atoms with van der Waals surface area (Å²) in [5, 5.41) is 6.10. The van der Waals surface area contributed by atoms with E-state index in [0.29, 0.717) is 5.56 Å². The quantitative estimate of drug-likeness (QED) is 0.691. The third-order valence-electron chi connectivity index (χ3n) is 2.18. The maximum atomic E-state index is 11.5. The van der Waals surface area contributed by atoms with Crippen LogP contribution in [0, 0.1) is 0 Å². The number of amides is 1. The van der Waals surface area contributed by atoms with Crippen molar-refractivity contribution in [2.75, 3.05) is 13.1 Å². The smallest absolute Gasteiger partial charge is 0.254 e. The summed E-state index contributed by atoms with van der Waals surface area (Å²) in [7, 11) is 0. The van der Waals surface area contributed by atoms with Gasteiger partial charge in [-0.05, 0) is 19.0 Å². The molecule has 1 saturated heterocycles. The first kappa shape index (κ1) is 8.31. The Balaban J connectivity index is 1.91. The molecule has 0 spiro atoms. The van der Waals surface area contributed by atoms with E-state index < -0.39 is 0 Å². The highest BCUT2D eigenvalue weighted by Crippen LogP contribution is 2.02. The molecule has 1 aromatic heterocycles. The van der Waals surface area contributed by atoms with Crippen LogP contribution >= 0.6 is 0 Å².